The second kappa shape index (κ2) is 4.84. The van der Waals surface area contributed by atoms with Gasteiger partial charge in [-0.05, 0) is 28.9 Å². The largest absolute Gasteiger partial charge is 0.481 e. The maximum absolute atomic E-state index is 10.6. The van der Waals surface area contributed by atoms with Gasteiger partial charge in [-0.1, -0.05) is 0 Å². The van der Waals surface area contributed by atoms with E-state index in [1.165, 1.54) is 11.1 Å². The zero-order chi connectivity index (χ0) is 11.5. The summed E-state index contributed by atoms with van der Waals surface area (Å²) in [5.41, 5.74) is 9.21. The van der Waals surface area contributed by atoms with Crippen molar-refractivity contribution in [2.75, 3.05) is 5.75 Å². The highest BCUT2D eigenvalue weighted by Crippen LogP contribution is 2.29. The summed E-state index contributed by atoms with van der Waals surface area (Å²) in [6.45, 7) is 0. The Labute approximate surface area is 98.3 Å². The molecule has 0 saturated heterocycles. The number of carboxylic acids is 1. The van der Waals surface area contributed by atoms with E-state index in [0.717, 1.165) is 23.5 Å². The number of rotatable bonds is 3. The van der Waals surface area contributed by atoms with E-state index in [4.69, 9.17) is 10.8 Å². The van der Waals surface area contributed by atoms with E-state index in [2.05, 4.69) is 4.98 Å². The zero-order valence-corrected chi connectivity index (χ0v) is 9.67. The lowest BCUT2D eigenvalue weighted by Gasteiger charge is -2.21. The van der Waals surface area contributed by atoms with E-state index in [1.54, 1.807) is 6.20 Å². The molecular weight excluding hydrogens is 224 g/mol. The third kappa shape index (κ3) is 2.36. The van der Waals surface area contributed by atoms with Gasteiger partial charge in [0.15, 0.2) is 0 Å². The first-order valence-electron chi connectivity index (χ1n) is 5.19. The molecule has 0 spiro atoms. The van der Waals surface area contributed by atoms with Crippen LogP contribution in [0.25, 0.3) is 0 Å². The number of pyridine rings is 1. The van der Waals surface area contributed by atoms with Crippen LogP contribution in [0.3, 0.4) is 0 Å². The Kier molecular flexibility index (Phi) is 3.46. The van der Waals surface area contributed by atoms with E-state index < -0.39 is 12.0 Å². The Hall–Kier alpha value is -1.07. The molecule has 0 radical (unpaired) electrons. The van der Waals surface area contributed by atoms with E-state index in [1.807, 2.05) is 18.0 Å². The molecule has 1 aromatic rings. The molecule has 0 saturated carbocycles. The van der Waals surface area contributed by atoms with Gasteiger partial charge in [0.25, 0.3) is 0 Å². The predicted molar refractivity (Wildman–Crippen MR) is 63.3 cm³/mol. The van der Waals surface area contributed by atoms with Gasteiger partial charge in [-0.25, -0.2) is 0 Å². The number of aromatic nitrogens is 1. The maximum atomic E-state index is 10.6. The molecule has 0 aliphatic carbocycles. The fourth-order valence-corrected chi connectivity index (χ4v) is 2.91. The summed E-state index contributed by atoms with van der Waals surface area (Å²) >= 11 is 1.87. The van der Waals surface area contributed by atoms with Gasteiger partial charge in [0.05, 0.1) is 6.42 Å². The molecule has 1 unspecified atom stereocenters. The highest BCUT2D eigenvalue weighted by molar-refractivity contribution is 7.98. The van der Waals surface area contributed by atoms with Crippen molar-refractivity contribution in [2.45, 2.75) is 24.6 Å². The Morgan fingerprint density at radius 3 is 3.19 bits per heavy atom. The van der Waals surface area contributed by atoms with Gasteiger partial charge in [0, 0.05) is 24.2 Å². The Balaban J connectivity index is 2.29. The highest BCUT2D eigenvalue weighted by Gasteiger charge is 2.19. The second-order valence-corrected chi connectivity index (χ2v) is 4.98. The van der Waals surface area contributed by atoms with E-state index in [9.17, 15) is 4.79 Å². The van der Waals surface area contributed by atoms with Gasteiger partial charge < -0.3 is 10.8 Å². The van der Waals surface area contributed by atoms with Crippen molar-refractivity contribution in [3.05, 3.63) is 29.1 Å². The SMILES string of the molecule is NC(CC(=O)O)c1cncc2c1CCSC2. The molecule has 2 rings (SSSR count). The molecule has 16 heavy (non-hydrogen) atoms. The van der Waals surface area contributed by atoms with E-state index >= 15 is 0 Å². The molecular formula is C11H14N2O2S. The molecule has 0 amide bonds. The maximum Gasteiger partial charge on any atom is 0.305 e. The number of aliphatic carboxylic acids is 1. The quantitative estimate of drug-likeness (QED) is 0.831. The van der Waals surface area contributed by atoms with Crippen LogP contribution in [0.4, 0.5) is 0 Å². The average Bonchev–Trinajstić information content (AvgIpc) is 2.27. The predicted octanol–water partition coefficient (Wildman–Crippen LogP) is 1.35. The van der Waals surface area contributed by atoms with Crippen molar-refractivity contribution in [1.29, 1.82) is 0 Å². The summed E-state index contributed by atoms with van der Waals surface area (Å²) < 4.78 is 0. The topological polar surface area (TPSA) is 76.2 Å². The number of hydrogen-bond donors (Lipinski definition) is 2. The molecule has 1 aromatic heterocycles. The summed E-state index contributed by atoms with van der Waals surface area (Å²) in [5.74, 6) is 1.16. The lowest BCUT2D eigenvalue weighted by Crippen LogP contribution is -2.19. The zero-order valence-electron chi connectivity index (χ0n) is 8.85. The number of carboxylic acid groups (broad SMARTS) is 1. The number of hydrogen-bond acceptors (Lipinski definition) is 4. The molecule has 3 N–H and O–H groups in total. The summed E-state index contributed by atoms with van der Waals surface area (Å²) in [6.07, 6.45) is 4.50. The molecule has 0 fully saturated rings. The fraction of sp³-hybridized carbons (Fsp3) is 0.455. The third-order valence-electron chi connectivity index (χ3n) is 2.73. The van der Waals surface area contributed by atoms with Gasteiger partial charge in [-0.15, -0.1) is 0 Å². The van der Waals surface area contributed by atoms with Crippen LogP contribution in [0.1, 0.15) is 29.2 Å². The Morgan fingerprint density at radius 1 is 1.62 bits per heavy atom. The minimum atomic E-state index is -0.865. The number of carbonyl (C=O) groups is 1. The average molecular weight is 238 g/mol. The minimum Gasteiger partial charge on any atom is -0.481 e. The van der Waals surface area contributed by atoms with Crippen LogP contribution in [0, 0.1) is 0 Å². The standard InChI is InChI=1S/C11H14N2O2S/c12-10(3-11(14)15)9-5-13-4-7-6-16-2-1-8(7)9/h4-5,10H,1-3,6,12H2,(H,14,15). The molecule has 1 atom stereocenters. The molecule has 86 valence electrons. The van der Waals surface area contributed by atoms with Crippen molar-refractivity contribution in [1.82, 2.24) is 4.98 Å². The molecule has 1 aliphatic heterocycles. The summed E-state index contributed by atoms with van der Waals surface area (Å²) in [7, 11) is 0. The Morgan fingerprint density at radius 2 is 2.44 bits per heavy atom. The lowest BCUT2D eigenvalue weighted by atomic mass is 9.96. The van der Waals surface area contributed by atoms with Crippen LogP contribution >= 0.6 is 11.8 Å². The van der Waals surface area contributed by atoms with Gasteiger partial charge in [-0.3, -0.25) is 9.78 Å². The second-order valence-electron chi connectivity index (χ2n) is 3.87. The number of nitrogens with two attached hydrogens (primary N) is 1. The first-order chi connectivity index (χ1) is 7.68. The van der Waals surface area contributed by atoms with Crippen molar-refractivity contribution < 1.29 is 9.90 Å². The molecule has 0 bridgehead atoms. The number of nitrogens with zero attached hydrogens (tertiary/aromatic N) is 1. The third-order valence-corrected chi connectivity index (χ3v) is 3.74. The van der Waals surface area contributed by atoms with Crippen LogP contribution in [-0.4, -0.2) is 21.8 Å². The lowest BCUT2D eigenvalue weighted by molar-refractivity contribution is -0.137. The van der Waals surface area contributed by atoms with Crippen molar-refractivity contribution in [3.8, 4) is 0 Å². The fourth-order valence-electron chi connectivity index (χ4n) is 1.95. The molecule has 0 aromatic carbocycles. The van der Waals surface area contributed by atoms with E-state index in [0.29, 0.717) is 0 Å². The van der Waals surface area contributed by atoms with Crippen molar-refractivity contribution in [2.24, 2.45) is 5.73 Å². The van der Waals surface area contributed by atoms with E-state index in [-0.39, 0.29) is 6.42 Å². The van der Waals surface area contributed by atoms with Crippen LogP contribution in [-0.2, 0) is 17.0 Å². The summed E-state index contributed by atoms with van der Waals surface area (Å²) in [5, 5.41) is 8.74. The normalized spacial score (nSPS) is 16.6. The van der Waals surface area contributed by atoms with Crippen LogP contribution in [0.2, 0.25) is 0 Å². The first-order valence-corrected chi connectivity index (χ1v) is 6.34. The van der Waals surface area contributed by atoms with Gasteiger partial charge in [0.2, 0.25) is 0 Å². The van der Waals surface area contributed by atoms with Crippen LogP contribution in [0.5, 0.6) is 0 Å². The molecule has 1 aliphatic rings. The Bertz CT molecular complexity index is 409. The van der Waals surface area contributed by atoms with Crippen LogP contribution < -0.4 is 5.73 Å². The van der Waals surface area contributed by atoms with Crippen LogP contribution in [0.15, 0.2) is 12.4 Å². The van der Waals surface area contributed by atoms with Gasteiger partial charge >= 0.3 is 5.97 Å². The minimum absolute atomic E-state index is 0.0364. The van der Waals surface area contributed by atoms with Crippen molar-refractivity contribution >= 4 is 17.7 Å². The highest BCUT2D eigenvalue weighted by atomic mass is 32.2. The monoisotopic (exact) mass is 238 g/mol. The molecule has 4 nitrogen and oxygen atoms in total. The summed E-state index contributed by atoms with van der Waals surface area (Å²) in [4.78, 5) is 14.8. The molecule has 5 heteroatoms. The smallest absolute Gasteiger partial charge is 0.305 e. The first kappa shape index (κ1) is 11.4. The number of fused-ring (bicyclic) bond motifs is 1. The van der Waals surface area contributed by atoms with Crippen molar-refractivity contribution in [3.63, 3.8) is 0 Å². The van der Waals surface area contributed by atoms with Gasteiger partial charge in [-0.2, -0.15) is 11.8 Å². The number of thioether (sulfide) groups is 1. The molecule has 2 heterocycles. The summed E-state index contributed by atoms with van der Waals surface area (Å²) in [6, 6.07) is -0.442. The van der Waals surface area contributed by atoms with Gasteiger partial charge in [0.1, 0.15) is 0 Å².